The van der Waals surface area contributed by atoms with Crippen molar-refractivity contribution in [3.63, 3.8) is 0 Å². The molecule has 11 nitrogen and oxygen atoms in total. The molecule has 2 aromatic rings. The number of urea groups is 1. The van der Waals surface area contributed by atoms with Gasteiger partial charge in [-0.1, -0.05) is 0 Å². The standard InChI is InChI=1S/C22H24F2N6O5/c1-14(31)26-12-17-13-29(22(33)35-17)16-9-18(23)20(19(24)10-16)28-5-6-30(34-8-7-28)21(32)27-15-3-2-4-25-11-15/h2-4,9-11,17H,5-8,12-13H2,1H3,(H,26,31)(H,27,32)/t17-/m0/s1. The van der Waals surface area contributed by atoms with Gasteiger partial charge in [-0.25, -0.2) is 23.4 Å². The van der Waals surface area contributed by atoms with E-state index in [1.54, 1.807) is 18.3 Å². The third-order valence-corrected chi connectivity index (χ3v) is 5.40. The molecular weight excluding hydrogens is 466 g/mol. The first-order valence-electron chi connectivity index (χ1n) is 10.9. The van der Waals surface area contributed by atoms with Gasteiger partial charge in [0.1, 0.15) is 11.8 Å². The van der Waals surface area contributed by atoms with Crippen molar-refractivity contribution in [2.45, 2.75) is 13.0 Å². The number of hydroxylamine groups is 2. The second kappa shape index (κ2) is 10.5. The molecule has 0 unspecified atom stereocenters. The van der Waals surface area contributed by atoms with Crippen molar-refractivity contribution in [3.05, 3.63) is 48.3 Å². The van der Waals surface area contributed by atoms with Crippen molar-refractivity contribution in [3.8, 4) is 0 Å². The topological polar surface area (TPSA) is 116 Å². The molecule has 0 spiro atoms. The van der Waals surface area contributed by atoms with Crippen LogP contribution in [0.3, 0.4) is 0 Å². The molecule has 1 aromatic carbocycles. The number of aromatic nitrogens is 1. The zero-order chi connectivity index (χ0) is 24.9. The second-order valence-electron chi connectivity index (χ2n) is 7.91. The minimum absolute atomic E-state index is 0.00243. The number of nitrogens with one attached hydrogen (secondary N) is 2. The van der Waals surface area contributed by atoms with Crippen LogP contribution in [0.2, 0.25) is 0 Å². The summed E-state index contributed by atoms with van der Waals surface area (Å²) in [5.74, 6) is -2.02. The Morgan fingerprint density at radius 3 is 2.66 bits per heavy atom. The molecule has 0 radical (unpaired) electrons. The summed E-state index contributed by atoms with van der Waals surface area (Å²) in [7, 11) is 0. The maximum Gasteiger partial charge on any atom is 0.414 e. The molecule has 1 aromatic heterocycles. The summed E-state index contributed by atoms with van der Waals surface area (Å²) >= 11 is 0. The fraction of sp³-hybridized carbons (Fsp3) is 0.364. The molecule has 2 aliphatic heterocycles. The van der Waals surface area contributed by atoms with E-state index in [9.17, 15) is 14.4 Å². The number of hydrogen-bond donors (Lipinski definition) is 2. The molecule has 2 N–H and O–H groups in total. The van der Waals surface area contributed by atoms with Crippen LogP contribution >= 0.6 is 0 Å². The highest BCUT2D eigenvalue weighted by atomic mass is 19.1. The van der Waals surface area contributed by atoms with E-state index in [0.717, 1.165) is 22.1 Å². The SMILES string of the molecule is CC(=O)NC[C@H]1CN(c2cc(F)c(N3CCON(C(=O)Nc4cccnc4)CC3)c(F)c2)C(=O)O1. The Labute approximate surface area is 199 Å². The molecule has 13 heteroatoms. The quantitative estimate of drug-likeness (QED) is 0.660. The molecule has 0 aliphatic carbocycles. The molecule has 4 amide bonds. The van der Waals surface area contributed by atoms with Crippen LogP contribution < -0.4 is 20.4 Å². The monoisotopic (exact) mass is 490 g/mol. The molecule has 35 heavy (non-hydrogen) atoms. The van der Waals surface area contributed by atoms with Gasteiger partial charge in [0.05, 0.1) is 43.8 Å². The predicted octanol–water partition coefficient (Wildman–Crippen LogP) is 2.11. The van der Waals surface area contributed by atoms with Crippen LogP contribution in [0.25, 0.3) is 0 Å². The van der Waals surface area contributed by atoms with E-state index in [1.807, 2.05) is 0 Å². The van der Waals surface area contributed by atoms with Crippen LogP contribution in [0, 0.1) is 11.6 Å². The first kappa shape index (κ1) is 24.1. The smallest absolute Gasteiger partial charge is 0.414 e. The lowest BCUT2D eigenvalue weighted by atomic mass is 10.2. The van der Waals surface area contributed by atoms with Gasteiger partial charge < -0.3 is 20.3 Å². The van der Waals surface area contributed by atoms with Gasteiger partial charge in [0.25, 0.3) is 0 Å². The van der Waals surface area contributed by atoms with Crippen LogP contribution in [-0.4, -0.2) is 73.5 Å². The molecule has 0 bridgehead atoms. The fourth-order valence-corrected chi connectivity index (χ4v) is 3.76. The van der Waals surface area contributed by atoms with E-state index in [1.165, 1.54) is 18.0 Å². The van der Waals surface area contributed by atoms with Crippen molar-refractivity contribution < 1.29 is 32.7 Å². The Hall–Kier alpha value is -4.00. The highest BCUT2D eigenvalue weighted by molar-refractivity contribution is 5.90. The number of carbonyl (C=O) groups is 3. The van der Waals surface area contributed by atoms with Crippen molar-refractivity contribution in [1.29, 1.82) is 0 Å². The summed E-state index contributed by atoms with van der Waals surface area (Å²) in [5.41, 5.74) is 0.200. The van der Waals surface area contributed by atoms with E-state index < -0.39 is 29.9 Å². The van der Waals surface area contributed by atoms with Crippen molar-refractivity contribution in [2.75, 3.05) is 54.4 Å². The highest BCUT2D eigenvalue weighted by Gasteiger charge is 2.34. The number of carbonyl (C=O) groups excluding carboxylic acids is 3. The molecule has 2 aliphatic rings. The summed E-state index contributed by atoms with van der Waals surface area (Å²) in [6, 6.07) is 4.91. The number of amides is 4. The van der Waals surface area contributed by atoms with Crippen molar-refractivity contribution in [1.82, 2.24) is 15.4 Å². The molecule has 2 saturated heterocycles. The maximum absolute atomic E-state index is 15.0. The number of halogens is 2. The van der Waals surface area contributed by atoms with Gasteiger partial charge in [-0.15, -0.1) is 0 Å². The van der Waals surface area contributed by atoms with Crippen LogP contribution in [0.1, 0.15) is 6.92 Å². The maximum atomic E-state index is 15.0. The van der Waals surface area contributed by atoms with Crippen molar-refractivity contribution in [2.24, 2.45) is 0 Å². The van der Waals surface area contributed by atoms with Gasteiger partial charge in [-0.3, -0.25) is 19.5 Å². The fourth-order valence-electron chi connectivity index (χ4n) is 3.76. The lowest BCUT2D eigenvalue weighted by Gasteiger charge is -2.24. The Balaban J connectivity index is 1.42. The van der Waals surface area contributed by atoms with E-state index in [0.29, 0.717) is 5.69 Å². The van der Waals surface area contributed by atoms with E-state index in [2.05, 4.69) is 15.6 Å². The van der Waals surface area contributed by atoms with Gasteiger partial charge in [0.15, 0.2) is 11.6 Å². The zero-order valence-electron chi connectivity index (χ0n) is 18.9. The van der Waals surface area contributed by atoms with Gasteiger partial charge in [0.2, 0.25) is 5.91 Å². The summed E-state index contributed by atoms with van der Waals surface area (Å²) in [5, 5.41) is 6.27. The number of ether oxygens (including phenoxy) is 1. The van der Waals surface area contributed by atoms with E-state index in [-0.39, 0.29) is 56.6 Å². The van der Waals surface area contributed by atoms with Gasteiger partial charge in [-0.05, 0) is 12.1 Å². The summed E-state index contributed by atoms with van der Waals surface area (Å²) < 4.78 is 35.2. The third-order valence-electron chi connectivity index (χ3n) is 5.40. The Bertz CT molecular complexity index is 1080. The first-order chi connectivity index (χ1) is 16.8. The van der Waals surface area contributed by atoms with Crippen LogP contribution in [0.5, 0.6) is 0 Å². The molecule has 2 fully saturated rings. The number of nitrogens with zero attached hydrogens (tertiary/aromatic N) is 4. The molecule has 4 rings (SSSR count). The third kappa shape index (κ3) is 5.74. The van der Waals surface area contributed by atoms with Crippen molar-refractivity contribution >= 4 is 35.1 Å². The van der Waals surface area contributed by atoms with Gasteiger partial charge >= 0.3 is 12.1 Å². The molecule has 1 atom stereocenters. The largest absolute Gasteiger partial charge is 0.442 e. The first-order valence-corrected chi connectivity index (χ1v) is 10.9. The zero-order valence-corrected chi connectivity index (χ0v) is 18.9. The summed E-state index contributed by atoms with van der Waals surface area (Å²) in [6.07, 6.45) is 1.65. The molecule has 186 valence electrons. The molecular formula is C22H24F2N6O5. The number of anilines is 3. The number of hydrogen-bond acceptors (Lipinski definition) is 7. The number of rotatable bonds is 5. The average molecular weight is 490 g/mol. The van der Waals surface area contributed by atoms with Crippen LogP contribution in [-0.2, 0) is 14.4 Å². The van der Waals surface area contributed by atoms with Crippen LogP contribution in [0.4, 0.5) is 35.4 Å². The lowest BCUT2D eigenvalue weighted by molar-refractivity contribution is -0.119. The molecule has 0 saturated carbocycles. The number of pyridine rings is 1. The number of cyclic esters (lactones) is 1. The lowest BCUT2D eigenvalue weighted by Crippen LogP contribution is -2.37. The Morgan fingerprint density at radius 1 is 1.20 bits per heavy atom. The summed E-state index contributed by atoms with van der Waals surface area (Å²) in [6.45, 7) is 1.78. The highest BCUT2D eigenvalue weighted by Crippen LogP contribution is 2.31. The minimum atomic E-state index is -0.869. The minimum Gasteiger partial charge on any atom is -0.442 e. The Morgan fingerprint density at radius 2 is 1.97 bits per heavy atom. The van der Waals surface area contributed by atoms with E-state index in [4.69, 9.17) is 9.57 Å². The van der Waals surface area contributed by atoms with Gasteiger partial charge in [0, 0.05) is 38.3 Å². The van der Waals surface area contributed by atoms with Crippen LogP contribution in [0.15, 0.2) is 36.7 Å². The van der Waals surface area contributed by atoms with Gasteiger partial charge in [-0.2, -0.15) is 0 Å². The number of benzene rings is 1. The second-order valence-corrected chi connectivity index (χ2v) is 7.91. The average Bonchev–Trinajstić information content (AvgIpc) is 3.02. The Kier molecular flexibility index (Phi) is 7.25. The van der Waals surface area contributed by atoms with E-state index >= 15 is 8.78 Å². The normalized spacial score (nSPS) is 18.2. The summed E-state index contributed by atoms with van der Waals surface area (Å²) in [4.78, 5) is 47.6. The predicted molar refractivity (Wildman–Crippen MR) is 121 cm³/mol. The molecule has 3 heterocycles.